The van der Waals surface area contributed by atoms with Crippen molar-refractivity contribution >= 4 is 18.2 Å². The van der Waals surface area contributed by atoms with Gasteiger partial charge in [0.05, 0.1) is 0 Å². The first-order valence-corrected chi connectivity index (χ1v) is 7.77. The lowest BCUT2D eigenvalue weighted by Crippen LogP contribution is -2.59. The zero-order chi connectivity index (χ0) is 13.4. The predicted molar refractivity (Wildman–Crippen MR) is 79.1 cm³/mol. The van der Waals surface area contributed by atoms with Gasteiger partial charge in [-0.15, -0.1) is 5.10 Å². The van der Waals surface area contributed by atoms with E-state index >= 15 is 0 Å². The highest BCUT2D eigenvalue weighted by molar-refractivity contribution is 7.71. The van der Waals surface area contributed by atoms with Crippen molar-refractivity contribution in [1.29, 1.82) is 0 Å². The molecular formula is C13H23N5S. The molecule has 0 spiro atoms. The topological polar surface area (TPSA) is 40.1 Å². The highest BCUT2D eigenvalue weighted by Gasteiger charge is 2.34. The van der Waals surface area contributed by atoms with Gasteiger partial charge in [-0.1, -0.05) is 6.42 Å². The van der Waals surface area contributed by atoms with Gasteiger partial charge < -0.3 is 4.90 Å². The number of piperazine rings is 1. The van der Waals surface area contributed by atoms with Crippen LogP contribution in [0.5, 0.6) is 0 Å². The molecule has 2 saturated heterocycles. The Bertz CT molecular complexity index is 493. The number of aromatic nitrogens is 3. The first-order valence-electron chi connectivity index (χ1n) is 7.36. The van der Waals surface area contributed by atoms with Crippen molar-refractivity contribution in [2.75, 3.05) is 24.5 Å². The molecule has 3 heterocycles. The molecule has 19 heavy (non-hydrogen) atoms. The Balaban J connectivity index is 1.85. The first-order chi connectivity index (χ1) is 9.20. The molecule has 1 aromatic rings. The zero-order valence-corrected chi connectivity index (χ0v) is 12.6. The van der Waals surface area contributed by atoms with E-state index in [0.29, 0.717) is 12.1 Å². The molecule has 2 aliphatic rings. The third-order valence-corrected chi connectivity index (χ3v) is 4.81. The van der Waals surface area contributed by atoms with Crippen LogP contribution in [0, 0.1) is 4.77 Å². The highest BCUT2D eigenvalue weighted by Crippen LogP contribution is 2.27. The van der Waals surface area contributed by atoms with Crippen LogP contribution in [0.2, 0.25) is 0 Å². The quantitative estimate of drug-likeness (QED) is 0.842. The van der Waals surface area contributed by atoms with Gasteiger partial charge in [-0.25, -0.2) is 5.10 Å². The molecule has 3 rings (SSSR count). The Morgan fingerprint density at radius 1 is 1.37 bits per heavy atom. The van der Waals surface area contributed by atoms with E-state index in [-0.39, 0.29) is 0 Å². The van der Waals surface area contributed by atoms with E-state index in [1.54, 1.807) is 0 Å². The zero-order valence-electron chi connectivity index (χ0n) is 11.8. The molecule has 0 bridgehead atoms. The molecule has 0 radical (unpaired) electrons. The maximum Gasteiger partial charge on any atom is 0.226 e. The Labute approximate surface area is 119 Å². The molecule has 0 aromatic carbocycles. The lowest BCUT2D eigenvalue weighted by atomic mass is 9.97. The van der Waals surface area contributed by atoms with Crippen LogP contribution >= 0.6 is 12.2 Å². The van der Waals surface area contributed by atoms with E-state index in [4.69, 9.17) is 12.2 Å². The van der Waals surface area contributed by atoms with E-state index < -0.39 is 0 Å². The van der Waals surface area contributed by atoms with Crippen molar-refractivity contribution < 1.29 is 0 Å². The molecule has 5 nitrogen and oxygen atoms in total. The Morgan fingerprint density at radius 3 is 3.00 bits per heavy atom. The summed E-state index contributed by atoms with van der Waals surface area (Å²) in [6.45, 7) is 8.79. The monoisotopic (exact) mass is 281 g/mol. The SMILES string of the molecule is CCn1c(N2CC3CCCCN3CC2C)n[nH]c1=S. The fraction of sp³-hybridized carbons (Fsp3) is 0.846. The van der Waals surface area contributed by atoms with E-state index in [9.17, 15) is 0 Å². The number of fused-ring (bicyclic) bond motifs is 1. The molecule has 2 atom stereocenters. The van der Waals surface area contributed by atoms with Gasteiger partial charge in [0.1, 0.15) is 0 Å². The van der Waals surface area contributed by atoms with Gasteiger partial charge in [-0.05, 0) is 45.5 Å². The Kier molecular flexibility index (Phi) is 3.62. The van der Waals surface area contributed by atoms with Crippen molar-refractivity contribution in [3.63, 3.8) is 0 Å². The van der Waals surface area contributed by atoms with Crippen molar-refractivity contribution in [1.82, 2.24) is 19.7 Å². The van der Waals surface area contributed by atoms with Crippen molar-refractivity contribution in [2.24, 2.45) is 0 Å². The summed E-state index contributed by atoms with van der Waals surface area (Å²) < 4.78 is 2.83. The number of nitrogens with zero attached hydrogens (tertiary/aromatic N) is 4. The van der Waals surface area contributed by atoms with E-state index in [1.807, 2.05) is 0 Å². The van der Waals surface area contributed by atoms with Gasteiger partial charge in [0.2, 0.25) is 5.95 Å². The molecule has 2 aliphatic heterocycles. The number of nitrogens with one attached hydrogen (secondary N) is 1. The van der Waals surface area contributed by atoms with E-state index in [1.165, 1.54) is 25.8 Å². The summed E-state index contributed by atoms with van der Waals surface area (Å²) in [7, 11) is 0. The molecule has 0 aliphatic carbocycles. The normalized spacial score (nSPS) is 28.4. The largest absolute Gasteiger partial charge is 0.335 e. The van der Waals surface area contributed by atoms with Crippen LogP contribution in [0.15, 0.2) is 0 Å². The molecule has 106 valence electrons. The number of hydrogen-bond donors (Lipinski definition) is 1. The number of hydrogen-bond acceptors (Lipinski definition) is 4. The maximum absolute atomic E-state index is 5.30. The van der Waals surface area contributed by atoms with Gasteiger partial charge in [0.15, 0.2) is 4.77 Å². The van der Waals surface area contributed by atoms with Gasteiger partial charge in [-0.3, -0.25) is 9.47 Å². The number of rotatable bonds is 2. The predicted octanol–water partition coefficient (Wildman–Crippen LogP) is 2.02. The average Bonchev–Trinajstić information content (AvgIpc) is 2.78. The van der Waals surface area contributed by atoms with Crippen LogP contribution in [0.4, 0.5) is 5.95 Å². The third-order valence-electron chi connectivity index (χ3n) is 4.50. The van der Waals surface area contributed by atoms with Crippen LogP contribution in [0.1, 0.15) is 33.1 Å². The lowest BCUT2D eigenvalue weighted by Gasteiger charge is -2.47. The van der Waals surface area contributed by atoms with Crippen LogP contribution < -0.4 is 4.90 Å². The fourth-order valence-electron chi connectivity index (χ4n) is 3.44. The second-order valence-corrected chi connectivity index (χ2v) is 6.11. The minimum Gasteiger partial charge on any atom is -0.335 e. The van der Waals surface area contributed by atoms with Gasteiger partial charge in [0.25, 0.3) is 0 Å². The van der Waals surface area contributed by atoms with Crippen molar-refractivity contribution in [3.05, 3.63) is 4.77 Å². The summed E-state index contributed by atoms with van der Waals surface area (Å²) in [6.07, 6.45) is 4.04. The lowest BCUT2D eigenvalue weighted by molar-refractivity contribution is 0.114. The van der Waals surface area contributed by atoms with Crippen LogP contribution in [0.3, 0.4) is 0 Å². The maximum atomic E-state index is 5.30. The van der Waals surface area contributed by atoms with Crippen LogP contribution in [0.25, 0.3) is 0 Å². The fourth-order valence-corrected chi connectivity index (χ4v) is 3.70. The summed E-state index contributed by atoms with van der Waals surface area (Å²) in [5, 5.41) is 7.39. The average molecular weight is 281 g/mol. The summed E-state index contributed by atoms with van der Waals surface area (Å²) >= 11 is 5.30. The summed E-state index contributed by atoms with van der Waals surface area (Å²) in [4.78, 5) is 5.09. The summed E-state index contributed by atoms with van der Waals surface area (Å²) in [5.41, 5.74) is 0. The second kappa shape index (κ2) is 5.25. The molecule has 0 amide bonds. The number of aromatic amines is 1. The van der Waals surface area contributed by atoms with Crippen molar-refractivity contribution in [3.8, 4) is 0 Å². The molecule has 1 N–H and O–H groups in total. The van der Waals surface area contributed by atoms with Gasteiger partial charge in [0, 0.05) is 31.7 Å². The Hall–Kier alpha value is -0.880. The highest BCUT2D eigenvalue weighted by atomic mass is 32.1. The number of piperidine rings is 1. The van der Waals surface area contributed by atoms with Crippen LogP contribution in [-0.2, 0) is 6.54 Å². The van der Waals surface area contributed by atoms with E-state index in [2.05, 4.69) is 38.4 Å². The number of H-pyrrole nitrogens is 1. The first kappa shape index (κ1) is 13.1. The smallest absolute Gasteiger partial charge is 0.226 e. The van der Waals surface area contributed by atoms with Crippen LogP contribution in [-0.4, -0.2) is 51.4 Å². The molecule has 2 fully saturated rings. The van der Waals surface area contributed by atoms with Gasteiger partial charge >= 0.3 is 0 Å². The van der Waals surface area contributed by atoms with Gasteiger partial charge in [-0.2, -0.15) is 0 Å². The molecule has 0 saturated carbocycles. The Morgan fingerprint density at radius 2 is 2.21 bits per heavy atom. The minimum atomic E-state index is 0.504. The molecular weight excluding hydrogens is 258 g/mol. The molecule has 1 aromatic heterocycles. The standard InChI is InChI=1S/C13H23N5S/c1-3-17-12(14-15-13(17)19)18-9-11-6-4-5-7-16(11)8-10(18)2/h10-11H,3-9H2,1-2H3,(H,15,19). The minimum absolute atomic E-state index is 0.504. The summed E-state index contributed by atoms with van der Waals surface area (Å²) in [6, 6.07) is 1.20. The second-order valence-electron chi connectivity index (χ2n) is 5.72. The van der Waals surface area contributed by atoms with Crippen molar-refractivity contribution in [2.45, 2.75) is 51.7 Å². The number of anilines is 1. The molecule has 6 heteroatoms. The molecule has 2 unspecified atom stereocenters. The van der Waals surface area contributed by atoms with E-state index in [0.717, 1.165) is 30.4 Å². The third kappa shape index (κ3) is 2.31. The summed E-state index contributed by atoms with van der Waals surface area (Å²) in [5.74, 6) is 1.02.